The van der Waals surface area contributed by atoms with Crippen LogP contribution in [0.15, 0.2) is 48.5 Å². The van der Waals surface area contributed by atoms with E-state index in [1.807, 2.05) is 0 Å². The second-order valence-electron chi connectivity index (χ2n) is 6.04. The van der Waals surface area contributed by atoms with Crippen molar-refractivity contribution in [3.8, 4) is 23.7 Å². The van der Waals surface area contributed by atoms with Crippen molar-refractivity contribution < 1.29 is 14.6 Å². The van der Waals surface area contributed by atoms with Crippen LogP contribution in [-0.2, 0) is 4.74 Å². The van der Waals surface area contributed by atoms with Gasteiger partial charge in [-0.15, -0.1) is 0 Å². The SMILES string of the molecule is O=[N+]([O-])c1cccc(C#CCCCOCCCC#Cc2cccc([N+](=O)[O-])c2)c1. The Morgan fingerprint density at radius 2 is 1.21 bits per heavy atom. The maximum atomic E-state index is 10.7. The van der Waals surface area contributed by atoms with Gasteiger partial charge in [-0.1, -0.05) is 35.8 Å². The highest BCUT2D eigenvalue weighted by atomic mass is 16.6. The Bertz CT molecular complexity index is 900. The molecule has 2 aromatic rings. The molecule has 0 radical (unpaired) electrons. The Labute approximate surface area is 169 Å². The third-order valence-electron chi connectivity index (χ3n) is 3.76. The van der Waals surface area contributed by atoms with E-state index >= 15 is 0 Å². The number of hydrogen-bond acceptors (Lipinski definition) is 5. The fraction of sp³-hybridized carbons (Fsp3) is 0.273. The lowest BCUT2D eigenvalue weighted by Crippen LogP contribution is -1.96. The van der Waals surface area contributed by atoms with Gasteiger partial charge in [-0.2, -0.15) is 0 Å². The minimum Gasteiger partial charge on any atom is -0.381 e. The molecule has 0 N–H and O–H groups in total. The van der Waals surface area contributed by atoms with E-state index in [0.717, 1.165) is 12.8 Å². The summed E-state index contributed by atoms with van der Waals surface area (Å²) in [7, 11) is 0. The maximum Gasteiger partial charge on any atom is 0.270 e. The van der Waals surface area contributed by atoms with Gasteiger partial charge in [0.1, 0.15) is 0 Å². The molecule has 0 bridgehead atoms. The van der Waals surface area contributed by atoms with E-state index in [4.69, 9.17) is 4.74 Å². The van der Waals surface area contributed by atoms with Crippen LogP contribution in [0.1, 0.15) is 36.8 Å². The van der Waals surface area contributed by atoms with Crippen molar-refractivity contribution in [1.29, 1.82) is 0 Å². The summed E-state index contributed by atoms with van der Waals surface area (Å²) in [5, 5.41) is 21.4. The largest absolute Gasteiger partial charge is 0.381 e. The zero-order valence-corrected chi connectivity index (χ0v) is 15.8. The van der Waals surface area contributed by atoms with Crippen LogP contribution in [0.4, 0.5) is 11.4 Å². The first-order chi connectivity index (χ1) is 14.1. The van der Waals surface area contributed by atoms with Gasteiger partial charge in [0, 0.05) is 61.4 Å². The Balaban J connectivity index is 1.59. The topological polar surface area (TPSA) is 95.5 Å². The first-order valence-corrected chi connectivity index (χ1v) is 9.10. The molecule has 0 saturated carbocycles. The van der Waals surface area contributed by atoms with Crippen molar-refractivity contribution in [3.63, 3.8) is 0 Å². The molecule has 0 saturated heterocycles. The molecule has 0 aromatic heterocycles. The first-order valence-electron chi connectivity index (χ1n) is 9.10. The van der Waals surface area contributed by atoms with Gasteiger partial charge >= 0.3 is 0 Å². The van der Waals surface area contributed by atoms with Crippen molar-refractivity contribution in [2.24, 2.45) is 0 Å². The molecular formula is C22H20N2O5. The van der Waals surface area contributed by atoms with Crippen LogP contribution in [0.2, 0.25) is 0 Å². The highest BCUT2D eigenvalue weighted by molar-refractivity contribution is 5.43. The second-order valence-corrected chi connectivity index (χ2v) is 6.04. The second kappa shape index (κ2) is 11.9. The predicted octanol–water partition coefficient (Wildman–Crippen LogP) is 4.48. The summed E-state index contributed by atoms with van der Waals surface area (Å²) >= 11 is 0. The normalized spacial score (nSPS) is 9.66. The van der Waals surface area contributed by atoms with Crippen LogP contribution >= 0.6 is 0 Å². The van der Waals surface area contributed by atoms with E-state index in [2.05, 4.69) is 23.7 Å². The lowest BCUT2D eigenvalue weighted by atomic mass is 10.2. The number of non-ortho nitro benzene ring substituents is 2. The zero-order valence-electron chi connectivity index (χ0n) is 15.8. The van der Waals surface area contributed by atoms with Crippen molar-refractivity contribution >= 4 is 11.4 Å². The molecular weight excluding hydrogens is 372 g/mol. The molecule has 0 fully saturated rings. The van der Waals surface area contributed by atoms with Gasteiger partial charge in [0.15, 0.2) is 0 Å². The Morgan fingerprint density at radius 1 is 0.759 bits per heavy atom. The number of nitro groups is 2. The van der Waals surface area contributed by atoms with Crippen LogP contribution in [-0.4, -0.2) is 23.1 Å². The Hall–Kier alpha value is -3.68. The smallest absolute Gasteiger partial charge is 0.270 e. The molecule has 0 aliphatic rings. The molecule has 2 rings (SSSR count). The Morgan fingerprint density at radius 3 is 1.62 bits per heavy atom. The third-order valence-corrected chi connectivity index (χ3v) is 3.76. The van der Waals surface area contributed by atoms with Crippen molar-refractivity contribution in [1.82, 2.24) is 0 Å². The summed E-state index contributed by atoms with van der Waals surface area (Å²) in [4.78, 5) is 20.6. The zero-order chi connectivity index (χ0) is 20.9. The van der Waals surface area contributed by atoms with Crippen LogP contribution in [0.25, 0.3) is 0 Å². The molecule has 7 nitrogen and oxygen atoms in total. The van der Waals surface area contributed by atoms with E-state index in [1.54, 1.807) is 24.3 Å². The quantitative estimate of drug-likeness (QED) is 0.286. The molecule has 0 heterocycles. The highest BCUT2D eigenvalue weighted by Crippen LogP contribution is 2.13. The highest BCUT2D eigenvalue weighted by Gasteiger charge is 2.04. The lowest BCUT2D eigenvalue weighted by Gasteiger charge is -2.00. The lowest BCUT2D eigenvalue weighted by molar-refractivity contribution is -0.385. The average molecular weight is 392 g/mol. The van der Waals surface area contributed by atoms with E-state index in [9.17, 15) is 20.2 Å². The van der Waals surface area contributed by atoms with Gasteiger partial charge in [-0.3, -0.25) is 20.2 Å². The van der Waals surface area contributed by atoms with Crippen LogP contribution in [0.3, 0.4) is 0 Å². The fourth-order valence-corrected chi connectivity index (χ4v) is 2.35. The van der Waals surface area contributed by atoms with E-state index in [0.29, 0.717) is 37.2 Å². The number of nitro benzene ring substituents is 2. The number of unbranched alkanes of at least 4 members (excludes halogenated alkanes) is 2. The van der Waals surface area contributed by atoms with Gasteiger partial charge in [-0.25, -0.2) is 0 Å². The van der Waals surface area contributed by atoms with E-state index < -0.39 is 9.85 Å². The summed E-state index contributed by atoms with van der Waals surface area (Å²) in [6.45, 7) is 1.17. The van der Waals surface area contributed by atoms with Gasteiger partial charge in [0.05, 0.1) is 9.85 Å². The molecule has 0 aliphatic heterocycles. The standard InChI is InChI=1S/C22H20N2O5/c25-23(26)21-13-7-11-19(17-21)9-3-1-5-15-29-16-6-2-4-10-20-12-8-14-22(18-20)24(27)28/h7-8,11-14,17-18H,1-2,5-6,15-16H2. The summed E-state index contributed by atoms with van der Waals surface area (Å²) in [6.07, 6.45) is 2.85. The summed E-state index contributed by atoms with van der Waals surface area (Å²) in [6, 6.07) is 12.5. The van der Waals surface area contributed by atoms with Gasteiger partial charge in [-0.05, 0) is 25.0 Å². The summed E-state index contributed by atoms with van der Waals surface area (Å²) < 4.78 is 5.53. The van der Waals surface area contributed by atoms with E-state index in [-0.39, 0.29) is 11.4 Å². The van der Waals surface area contributed by atoms with Crippen molar-refractivity contribution in [2.75, 3.05) is 13.2 Å². The first kappa shape index (κ1) is 21.6. The molecule has 0 aliphatic carbocycles. The molecule has 0 unspecified atom stereocenters. The number of ether oxygens (including phenoxy) is 1. The predicted molar refractivity (Wildman–Crippen MR) is 109 cm³/mol. The maximum absolute atomic E-state index is 10.7. The van der Waals surface area contributed by atoms with Gasteiger partial charge < -0.3 is 4.74 Å². The summed E-state index contributed by atoms with van der Waals surface area (Å²) in [5.41, 5.74) is 1.33. The van der Waals surface area contributed by atoms with Gasteiger partial charge in [0.25, 0.3) is 11.4 Å². The minimum atomic E-state index is -0.437. The molecule has 29 heavy (non-hydrogen) atoms. The van der Waals surface area contributed by atoms with Crippen molar-refractivity contribution in [2.45, 2.75) is 25.7 Å². The Kier molecular flexibility index (Phi) is 8.88. The average Bonchev–Trinajstić information content (AvgIpc) is 2.72. The fourth-order valence-electron chi connectivity index (χ4n) is 2.35. The number of nitrogens with zero attached hydrogens (tertiary/aromatic N) is 2. The van der Waals surface area contributed by atoms with Crippen LogP contribution in [0.5, 0.6) is 0 Å². The summed E-state index contributed by atoms with van der Waals surface area (Å²) in [5.74, 6) is 11.8. The third kappa shape index (κ3) is 8.25. The molecule has 148 valence electrons. The number of hydrogen-bond donors (Lipinski definition) is 0. The molecule has 0 spiro atoms. The molecule has 0 amide bonds. The monoisotopic (exact) mass is 392 g/mol. The van der Waals surface area contributed by atoms with E-state index in [1.165, 1.54) is 24.3 Å². The minimum absolute atomic E-state index is 0.0359. The van der Waals surface area contributed by atoms with Crippen LogP contribution in [0, 0.1) is 43.9 Å². The van der Waals surface area contributed by atoms with Crippen LogP contribution < -0.4 is 0 Å². The van der Waals surface area contributed by atoms with Crippen molar-refractivity contribution in [3.05, 3.63) is 79.9 Å². The molecule has 0 atom stereocenters. The molecule has 2 aromatic carbocycles. The number of rotatable bonds is 8. The molecule has 7 heteroatoms. The van der Waals surface area contributed by atoms with Gasteiger partial charge in [0.2, 0.25) is 0 Å². The number of benzene rings is 2.